The predicted molar refractivity (Wildman–Crippen MR) is 52.7 cm³/mol. The molecule has 1 aliphatic heterocycles. The normalized spacial score (nSPS) is 25.8. The zero-order chi connectivity index (χ0) is 9.03. The van der Waals surface area contributed by atoms with Gasteiger partial charge in [-0.05, 0) is 12.8 Å². The third-order valence-corrected chi connectivity index (χ3v) is 3.03. The Morgan fingerprint density at radius 1 is 1.17 bits per heavy atom. The molecule has 0 saturated carbocycles. The third-order valence-electron chi connectivity index (χ3n) is 3.03. The summed E-state index contributed by atoms with van der Waals surface area (Å²) in [6.07, 6.45) is 5.77. The van der Waals surface area contributed by atoms with E-state index in [4.69, 9.17) is 5.73 Å². The van der Waals surface area contributed by atoms with Crippen molar-refractivity contribution in [3.8, 4) is 0 Å². The van der Waals surface area contributed by atoms with Gasteiger partial charge < -0.3 is 0 Å². The minimum Gasteiger partial charge on any atom is -0.298 e. The number of unbranched alkanes of at least 4 members (excludes halogenated alkanes) is 2. The fraction of sp³-hybridized carbons (Fsp3) is 1.00. The van der Waals surface area contributed by atoms with Gasteiger partial charge in [-0.25, -0.2) is 0 Å². The molecule has 2 heteroatoms. The highest BCUT2D eigenvalue weighted by atomic mass is 15.5. The lowest BCUT2D eigenvalue weighted by molar-refractivity contribution is -0.814. The highest BCUT2D eigenvalue weighted by Crippen LogP contribution is 2.28. The summed E-state index contributed by atoms with van der Waals surface area (Å²) >= 11 is 0. The zero-order valence-corrected chi connectivity index (χ0v) is 8.55. The topological polar surface area (TPSA) is 26.0 Å². The maximum Gasteiger partial charge on any atom is 0.190 e. The molecule has 0 amide bonds. The molecule has 0 bridgehead atoms. The SMILES string of the molecule is CCCC[N+]1(CCCC)CC1N. The van der Waals surface area contributed by atoms with Crippen LogP contribution in [0.3, 0.4) is 0 Å². The molecule has 1 atom stereocenters. The van der Waals surface area contributed by atoms with E-state index in [2.05, 4.69) is 13.8 Å². The van der Waals surface area contributed by atoms with Crippen molar-refractivity contribution in [3.63, 3.8) is 0 Å². The molecule has 1 saturated heterocycles. The second-order valence-corrected chi connectivity index (χ2v) is 4.12. The summed E-state index contributed by atoms with van der Waals surface area (Å²) in [5.74, 6) is 0. The fourth-order valence-corrected chi connectivity index (χ4v) is 1.90. The van der Waals surface area contributed by atoms with Crippen LogP contribution in [-0.4, -0.2) is 30.3 Å². The van der Waals surface area contributed by atoms with Crippen LogP contribution in [-0.2, 0) is 0 Å². The first-order chi connectivity index (χ1) is 5.75. The summed E-state index contributed by atoms with van der Waals surface area (Å²) in [6, 6.07) is 0. The molecule has 2 nitrogen and oxygen atoms in total. The van der Waals surface area contributed by atoms with Gasteiger partial charge >= 0.3 is 0 Å². The van der Waals surface area contributed by atoms with Gasteiger partial charge in [0.25, 0.3) is 0 Å². The van der Waals surface area contributed by atoms with Crippen molar-refractivity contribution in [2.75, 3.05) is 19.6 Å². The smallest absolute Gasteiger partial charge is 0.190 e. The number of hydrogen-bond donors (Lipinski definition) is 1. The van der Waals surface area contributed by atoms with Crippen LogP contribution in [0, 0.1) is 0 Å². The van der Waals surface area contributed by atoms with E-state index in [9.17, 15) is 0 Å². The molecule has 1 fully saturated rings. The summed E-state index contributed by atoms with van der Waals surface area (Å²) in [4.78, 5) is 0. The van der Waals surface area contributed by atoms with Crippen LogP contribution in [0.2, 0.25) is 0 Å². The Morgan fingerprint density at radius 3 is 1.83 bits per heavy atom. The first-order valence-electron chi connectivity index (χ1n) is 5.36. The fourth-order valence-electron chi connectivity index (χ4n) is 1.90. The van der Waals surface area contributed by atoms with E-state index in [0.29, 0.717) is 6.17 Å². The van der Waals surface area contributed by atoms with Crippen molar-refractivity contribution in [2.24, 2.45) is 5.73 Å². The summed E-state index contributed by atoms with van der Waals surface area (Å²) in [5, 5.41) is 0. The molecule has 0 aliphatic carbocycles. The zero-order valence-electron chi connectivity index (χ0n) is 8.55. The first-order valence-corrected chi connectivity index (χ1v) is 5.36. The lowest BCUT2D eigenvalue weighted by Gasteiger charge is -2.18. The number of nitrogens with zero attached hydrogens (tertiary/aromatic N) is 1. The van der Waals surface area contributed by atoms with E-state index in [0.717, 1.165) is 0 Å². The van der Waals surface area contributed by atoms with E-state index in [1.165, 1.54) is 49.8 Å². The molecule has 1 rings (SSSR count). The highest BCUT2D eigenvalue weighted by molar-refractivity contribution is 4.67. The Morgan fingerprint density at radius 2 is 1.58 bits per heavy atom. The van der Waals surface area contributed by atoms with Gasteiger partial charge in [-0.15, -0.1) is 0 Å². The van der Waals surface area contributed by atoms with Crippen molar-refractivity contribution in [1.82, 2.24) is 0 Å². The van der Waals surface area contributed by atoms with Crippen LogP contribution in [0.4, 0.5) is 0 Å². The van der Waals surface area contributed by atoms with E-state index in [-0.39, 0.29) is 0 Å². The van der Waals surface area contributed by atoms with Crippen molar-refractivity contribution < 1.29 is 4.48 Å². The molecule has 1 aliphatic rings. The second-order valence-electron chi connectivity index (χ2n) is 4.12. The van der Waals surface area contributed by atoms with E-state index >= 15 is 0 Å². The molecule has 0 aromatic carbocycles. The van der Waals surface area contributed by atoms with Crippen molar-refractivity contribution >= 4 is 0 Å². The van der Waals surface area contributed by atoms with E-state index < -0.39 is 0 Å². The summed E-state index contributed by atoms with van der Waals surface area (Å²) in [7, 11) is 0. The highest BCUT2D eigenvalue weighted by Gasteiger charge is 2.50. The van der Waals surface area contributed by atoms with Gasteiger partial charge in [0.15, 0.2) is 6.17 Å². The number of quaternary nitrogens is 1. The molecule has 72 valence electrons. The molecule has 12 heavy (non-hydrogen) atoms. The average Bonchev–Trinajstić information content (AvgIpc) is 2.71. The van der Waals surface area contributed by atoms with Gasteiger partial charge in [0.2, 0.25) is 0 Å². The Kier molecular flexibility index (Phi) is 3.53. The van der Waals surface area contributed by atoms with Gasteiger partial charge in [-0.2, -0.15) is 0 Å². The molecule has 0 aromatic heterocycles. The van der Waals surface area contributed by atoms with Gasteiger partial charge in [-0.1, -0.05) is 26.7 Å². The van der Waals surface area contributed by atoms with Crippen LogP contribution >= 0.6 is 0 Å². The van der Waals surface area contributed by atoms with Crippen LogP contribution in [0.25, 0.3) is 0 Å². The molecule has 0 radical (unpaired) electrons. The van der Waals surface area contributed by atoms with Gasteiger partial charge in [0, 0.05) is 0 Å². The Labute approximate surface area is 76.3 Å². The number of rotatable bonds is 6. The van der Waals surface area contributed by atoms with Crippen LogP contribution in [0.1, 0.15) is 39.5 Å². The predicted octanol–water partition coefficient (Wildman–Crippen LogP) is 1.70. The van der Waals surface area contributed by atoms with Crippen LogP contribution < -0.4 is 5.73 Å². The minimum absolute atomic E-state index is 0.475. The average molecular weight is 171 g/mol. The lowest BCUT2D eigenvalue weighted by atomic mass is 10.3. The Hall–Kier alpha value is -0.0800. The van der Waals surface area contributed by atoms with E-state index in [1.54, 1.807) is 0 Å². The molecule has 2 N–H and O–H groups in total. The number of hydrogen-bond acceptors (Lipinski definition) is 1. The summed E-state index contributed by atoms with van der Waals surface area (Å²) in [6.45, 7) is 8.38. The maximum atomic E-state index is 5.96. The Bertz CT molecular complexity index is 126. The molecule has 0 spiro atoms. The minimum atomic E-state index is 0.475. The summed E-state index contributed by atoms with van der Waals surface area (Å²) in [5.41, 5.74) is 5.96. The molecule has 1 unspecified atom stereocenters. The first kappa shape index (κ1) is 10.0. The van der Waals surface area contributed by atoms with E-state index in [1.807, 2.05) is 0 Å². The molecular formula is C10H23N2+. The van der Waals surface area contributed by atoms with Crippen LogP contribution in [0.15, 0.2) is 0 Å². The van der Waals surface area contributed by atoms with Crippen molar-refractivity contribution in [2.45, 2.75) is 45.7 Å². The van der Waals surface area contributed by atoms with Gasteiger partial charge in [0.1, 0.15) is 6.54 Å². The van der Waals surface area contributed by atoms with Crippen LogP contribution in [0.5, 0.6) is 0 Å². The number of nitrogens with two attached hydrogens (primary N) is 1. The molecule has 1 heterocycles. The second kappa shape index (κ2) is 4.24. The lowest BCUT2D eigenvalue weighted by Crippen LogP contribution is -2.34. The van der Waals surface area contributed by atoms with Gasteiger partial charge in [0.05, 0.1) is 13.1 Å². The standard InChI is InChI=1S/C10H23N2/c1-3-5-7-12(8-6-4-2)9-10(12)11/h10H,3-9,11H2,1-2H3/q+1. The molecular weight excluding hydrogens is 148 g/mol. The molecule has 0 aromatic rings. The summed E-state index contributed by atoms with van der Waals surface area (Å²) < 4.78 is 1.22. The van der Waals surface area contributed by atoms with Crippen molar-refractivity contribution in [3.05, 3.63) is 0 Å². The van der Waals surface area contributed by atoms with Crippen molar-refractivity contribution in [1.29, 1.82) is 0 Å². The quantitative estimate of drug-likeness (QED) is 0.478. The largest absolute Gasteiger partial charge is 0.298 e. The monoisotopic (exact) mass is 171 g/mol. The Balaban J connectivity index is 2.22. The third kappa shape index (κ3) is 2.20. The van der Waals surface area contributed by atoms with Gasteiger partial charge in [-0.3, -0.25) is 10.2 Å². The maximum absolute atomic E-state index is 5.96.